The summed E-state index contributed by atoms with van der Waals surface area (Å²) in [5.41, 5.74) is 3.21. The van der Waals surface area contributed by atoms with Crippen LogP contribution in [0.4, 0.5) is 0 Å². The lowest BCUT2D eigenvalue weighted by molar-refractivity contribution is 0.0736. The van der Waals surface area contributed by atoms with Crippen LogP contribution in [0.5, 0.6) is 0 Å². The molecule has 28 heavy (non-hydrogen) atoms. The summed E-state index contributed by atoms with van der Waals surface area (Å²) in [7, 11) is 0. The third-order valence-electron chi connectivity index (χ3n) is 5.11. The summed E-state index contributed by atoms with van der Waals surface area (Å²) < 4.78 is 0. The van der Waals surface area contributed by atoms with E-state index in [0.717, 1.165) is 47.8 Å². The Balaban J connectivity index is 1.38. The summed E-state index contributed by atoms with van der Waals surface area (Å²) in [6.45, 7) is 2.89. The van der Waals surface area contributed by atoms with Gasteiger partial charge in [0.15, 0.2) is 0 Å². The van der Waals surface area contributed by atoms with Crippen LogP contribution in [0.1, 0.15) is 39.5 Å². The van der Waals surface area contributed by atoms with Crippen LogP contribution < -0.4 is 0 Å². The molecule has 1 aliphatic rings. The van der Waals surface area contributed by atoms with Crippen molar-refractivity contribution in [2.45, 2.75) is 42.9 Å². The SMILES string of the molecule is Cc1nc(CSc2ccc(C(=O)N3CCCC3Cc3ccccc3)cc2)cs1. The minimum absolute atomic E-state index is 0.158. The van der Waals surface area contributed by atoms with Gasteiger partial charge in [-0.1, -0.05) is 30.3 Å². The van der Waals surface area contributed by atoms with Crippen LogP contribution in [-0.2, 0) is 12.2 Å². The van der Waals surface area contributed by atoms with Gasteiger partial charge in [-0.15, -0.1) is 23.1 Å². The summed E-state index contributed by atoms with van der Waals surface area (Å²) >= 11 is 3.45. The average molecular weight is 409 g/mol. The van der Waals surface area contributed by atoms with Crippen molar-refractivity contribution in [2.24, 2.45) is 0 Å². The van der Waals surface area contributed by atoms with E-state index in [1.54, 1.807) is 23.1 Å². The Morgan fingerprint density at radius 2 is 1.96 bits per heavy atom. The van der Waals surface area contributed by atoms with Crippen LogP contribution in [0.3, 0.4) is 0 Å². The lowest BCUT2D eigenvalue weighted by Crippen LogP contribution is -2.36. The number of hydrogen-bond acceptors (Lipinski definition) is 4. The van der Waals surface area contributed by atoms with Crippen molar-refractivity contribution < 1.29 is 4.79 Å². The zero-order chi connectivity index (χ0) is 19.3. The Kier molecular flexibility index (Phi) is 6.13. The Hall–Kier alpha value is -2.11. The Morgan fingerprint density at radius 1 is 1.18 bits per heavy atom. The fourth-order valence-corrected chi connectivity index (χ4v) is 5.20. The first-order valence-corrected chi connectivity index (χ1v) is 11.5. The number of amides is 1. The molecular weight excluding hydrogens is 384 g/mol. The number of thiazole rings is 1. The van der Waals surface area contributed by atoms with E-state index in [-0.39, 0.29) is 5.91 Å². The molecule has 2 heterocycles. The van der Waals surface area contributed by atoms with Gasteiger partial charge < -0.3 is 4.90 Å². The number of thioether (sulfide) groups is 1. The van der Waals surface area contributed by atoms with Crippen molar-refractivity contribution >= 4 is 29.0 Å². The molecule has 2 aromatic carbocycles. The number of aromatic nitrogens is 1. The molecule has 3 aromatic rings. The van der Waals surface area contributed by atoms with E-state index in [2.05, 4.69) is 51.7 Å². The molecule has 0 aliphatic carbocycles. The highest BCUT2D eigenvalue weighted by molar-refractivity contribution is 7.98. The van der Waals surface area contributed by atoms with Gasteiger partial charge in [0.1, 0.15) is 0 Å². The van der Waals surface area contributed by atoms with Gasteiger partial charge in [0.2, 0.25) is 0 Å². The number of carbonyl (C=O) groups is 1. The molecule has 0 spiro atoms. The molecule has 144 valence electrons. The number of benzene rings is 2. The molecule has 4 rings (SSSR count). The van der Waals surface area contributed by atoms with Gasteiger partial charge in [0, 0.05) is 34.2 Å². The maximum atomic E-state index is 13.1. The van der Waals surface area contributed by atoms with Crippen LogP contribution >= 0.6 is 23.1 Å². The fraction of sp³-hybridized carbons (Fsp3) is 0.304. The molecule has 0 N–H and O–H groups in total. The molecule has 1 atom stereocenters. The van der Waals surface area contributed by atoms with Crippen LogP contribution in [0.15, 0.2) is 64.9 Å². The third kappa shape index (κ3) is 4.65. The van der Waals surface area contributed by atoms with Crippen molar-refractivity contribution in [3.63, 3.8) is 0 Å². The van der Waals surface area contributed by atoms with Gasteiger partial charge in [-0.3, -0.25) is 4.79 Å². The maximum absolute atomic E-state index is 13.1. The lowest BCUT2D eigenvalue weighted by atomic mass is 10.0. The standard InChI is InChI=1S/C23H24N2OS2/c1-17-24-20(15-27-17)16-28-22-11-9-19(10-12-22)23(26)25-13-5-8-21(25)14-18-6-3-2-4-7-18/h2-4,6-7,9-12,15,21H,5,8,13-14,16H2,1H3. The van der Waals surface area contributed by atoms with Crippen molar-refractivity contribution in [2.75, 3.05) is 6.54 Å². The molecular formula is C23H24N2OS2. The Labute approximate surface area is 174 Å². The van der Waals surface area contributed by atoms with Crippen LogP contribution in [0.2, 0.25) is 0 Å². The second kappa shape index (κ2) is 8.93. The van der Waals surface area contributed by atoms with Gasteiger partial charge in [-0.05, 0) is 56.0 Å². The van der Waals surface area contributed by atoms with Gasteiger partial charge in [0.05, 0.1) is 10.7 Å². The van der Waals surface area contributed by atoms with Gasteiger partial charge in [-0.2, -0.15) is 0 Å². The zero-order valence-electron chi connectivity index (χ0n) is 16.0. The molecule has 3 nitrogen and oxygen atoms in total. The van der Waals surface area contributed by atoms with Gasteiger partial charge in [-0.25, -0.2) is 4.98 Å². The Morgan fingerprint density at radius 3 is 2.68 bits per heavy atom. The van der Waals surface area contributed by atoms with E-state index in [1.165, 1.54) is 10.5 Å². The highest BCUT2D eigenvalue weighted by Gasteiger charge is 2.29. The Bertz CT molecular complexity index is 921. The van der Waals surface area contributed by atoms with Gasteiger partial charge >= 0.3 is 0 Å². The van der Waals surface area contributed by atoms with Gasteiger partial charge in [0.25, 0.3) is 5.91 Å². The normalized spacial score (nSPS) is 16.5. The topological polar surface area (TPSA) is 33.2 Å². The number of carbonyl (C=O) groups excluding carboxylic acids is 1. The van der Waals surface area contributed by atoms with Crippen molar-refractivity contribution in [3.05, 3.63) is 81.8 Å². The zero-order valence-corrected chi connectivity index (χ0v) is 17.6. The summed E-state index contributed by atoms with van der Waals surface area (Å²) in [5.74, 6) is 1.02. The largest absolute Gasteiger partial charge is 0.335 e. The summed E-state index contributed by atoms with van der Waals surface area (Å²) in [5, 5.41) is 3.22. The van der Waals surface area contributed by atoms with E-state index >= 15 is 0 Å². The fourth-order valence-electron chi connectivity index (χ4n) is 3.69. The van der Waals surface area contributed by atoms with Crippen molar-refractivity contribution in [3.8, 4) is 0 Å². The molecule has 0 bridgehead atoms. The average Bonchev–Trinajstić information content (AvgIpc) is 3.36. The number of likely N-dealkylation sites (tertiary alicyclic amines) is 1. The number of hydrogen-bond donors (Lipinski definition) is 0. The molecule has 0 radical (unpaired) electrons. The number of nitrogens with zero attached hydrogens (tertiary/aromatic N) is 2. The first-order chi connectivity index (χ1) is 13.7. The highest BCUT2D eigenvalue weighted by atomic mass is 32.2. The molecule has 0 saturated carbocycles. The summed E-state index contributed by atoms with van der Waals surface area (Å²) in [4.78, 5) is 20.8. The quantitative estimate of drug-likeness (QED) is 0.498. The van der Waals surface area contributed by atoms with Crippen LogP contribution in [0.25, 0.3) is 0 Å². The van der Waals surface area contributed by atoms with E-state index in [1.807, 2.05) is 25.1 Å². The minimum atomic E-state index is 0.158. The van der Waals surface area contributed by atoms with E-state index in [4.69, 9.17) is 0 Å². The lowest BCUT2D eigenvalue weighted by Gasteiger charge is -2.25. The first kappa shape index (κ1) is 19.2. The molecule has 1 saturated heterocycles. The second-order valence-electron chi connectivity index (χ2n) is 7.16. The third-order valence-corrected chi connectivity index (χ3v) is 6.97. The monoisotopic (exact) mass is 408 g/mol. The first-order valence-electron chi connectivity index (χ1n) is 9.68. The second-order valence-corrected chi connectivity index (χ2v) is 9.27. The molecule has 1 aliphatic heterocycles. The van der Waals surface area contributed by atoms with Crippen LogP contribution in [-0.4, -0.2) is 28.4 Å². The van der Waals surface area contributed by atoms with Crippen molar-refractivity contribution in [1.29, 1.82) is 0 Å². The predicted octanol–water partition coefficient (Wildman–Crippen LogP) is 5.59. The molecule has 1 fully saturated rings. The summed E-state index contributed by atoms with van der Waals surface area (Å²) in [6.07, 6.45) is 3.11. The molecule has 1 unspecified atom stereocenters. The van der Waals surface area contributed by atoms with Crippen LogP contribution in [0, 0.1) is 6.92 Å². The number of aryl methyl sites for hydroxylation is 1. The van der Waals surface area contributed by atoms with E-state index in [0.29, 0.717) is 6.04 Å². The molecule has 1 aromatic heterocycles. The van der Waals surface area contributed by atoms with E-state index < -0.39 is 0 Å². The maximum Gasteiger partial charge on any atom is 0.254 e. The smallest absolute Gasteiger partial charge is 0.254 e. The van der Waals surface area contributed by atoms with E-state index in [9.17, 15) is 4.79 Å². The minimum Gasteiger partial charge on any atom is -0.335 e. The molecule has 5 heteroatoms. The summed E-state index contributed by atoms with van der Waals surface area (Å²) in [6, 6.07) is 18.8. The van der Waals surface area contributed by atoms with Crippen molar-refractivity contribution in [1.82, 2.24) is 9.88 Å². The molecule has 1 amide bonds. The highest BCUT2D eigenvalue weighted by Crippen LogP contribution is 2.26. The number of rotatable bonds is 6. The predicted molar refractivity (Wildman–Crippen MR) is 117 cm³/mol.